The van der Waals surface area contributed by atoms with Crippen LogP contribution in [0.4, 0.5) is 23.2 Å². The highest BCUT2D eigenvalue weighted by Crippen LogP contribution is 2.31. The molecule has 1 atom stereocenters. The Morgan fingerprint density at radius 3 is 2.57 bits per heavy atom. The van der Waals surface area contributed by atoms with Crippen LogP contribution in [-0.4, -0.2) is 24.0 Å². The molecule has 1 aromatic carbocycles. The fourth-order valence-electron chi connectivity index (χ4n) is 2.90. The summed E-state index contributed by atoms with van der Waals surface area (Å²) in [5, 5.41) is 5.86. The number of carbonyl (C=O) groups is 1. The van der Waals surface area contributed by atoms with Gasteiger partial charge in [0.15, 0.2) is 11.6 Å². The van der Waals surface area contributed by atoms with Gasteiger partial charge < -0.3 is 15.4 Å². The molecule has 0 saturated carbocycles. The van der Waals surface area contributed by atoms with Gasteiger partial charge in [-0.3, -0.25) is 4.79 Å². The Bertz CT molecular complexity index is 830. The van der Waals surface area contributed by atoms with Gasteiger partial charge in [0.05, 0.1) is 5.56 Å². The third-order valence-electron chi connectivity index (χ3n) is 4.44. The Morgan fingerprint density at radius 2 is 2.00 bits per heavy atom. The fraction of sp³-hybridized carbons (Fsp3) is 0.368. The Labute approximate surface area is 183 Å². The van der Waals surface area contributed by atoms with Crippen molar-refractivity contribution in [3.63, 3.8) is 0 Å². The highest BCUT2D eigenvalue weighted by atomic mass is 35.5. The fourth-order valence-corrected chi connectivity index (χ4v) is 2.90. The Morgan fingerprint density at radius 1 is 1.23 bits per heavy atom. The van der Waals surface area contributed by atoms with Crippen molar-refractivity contribution < 1.29 is 27.1 Å². The van der Waals surface area contributed by atoms with Crippen LogP contribution in [0.3, 0.4) is 0 Å². The first-order valence-electron chi connectivity index (χ1n) is 8.82. The predicted octanol–water partition coefficient (Wildman–Crippen LogP) is 5.20. The second-order valence-electron chi connectivity index (χ2n) is 6.58. The lowest BCUT2D eigenvalue weighted by Crippen LogP contribution is -2.15. The van der Waals surface area contributed by atoms with Gasteiger partial charge in [-0.25, -0.2) is 9.37 Å². The zero-order chi connectivity index (χ0) is 20.1. The number of rotatable bonds is 6. The maximum absolute atomic E-state index is 14.2. The maximum atomic E-state index is 14.2. The lowest BCUT2D eigenvalue weighted by atomic mass is 10.0. The molecule has 1 unspecified atom stereocenters. The molecule has 166 valence electrons. The van der Waals surface area contributed by atoms with Crippen molar-refractivity contribution in [3.8, 4) is 11.6 Å². The van der Waals surface area contributed by atoms with Gasteiger partial charge in [-0.15, -0.1) is 24.8 Å². The van der Waals surface area contributed by atoms with E-state index in [4.69, 9.17) is 4.74 Å². The minimum atomic E-state index is -4.51. The van der Waals surface area contributed by atoms with Crippen molar-refractivity contribution in [3.05, 3.63) is 47.9 Å². The molecule has 1 fully saturated rings. The molecule has 0 bridgehead atoms. The third kappa shape index (κ3) is 7.30. The largest absolute Gasteiger partial charge is 0.436 e. The number of hydrogen-bond donors (Lipinski definition) is 2. The first-order valence-corrected chi connectivity index (χ1v) is 8.82. The number of carbonyl (C=O) groups excluding carboxylic acids is 1. The van der Waals surface area contributed by atoms with E-state index in [1.165, 1.54) is 12.1 Å². The Balaban J connectivity index is 0.00000225. The van der Waals surface area contributed by atoms with Gasteiger partial charge in [-0.2, -0.15) is 13.2 Å². The molecular formula is C19H21Cl2F4N3O2. The molecule has 30 heavy (non-hydrogen) atoms. The monoisotopic (exact) mass is 469 g/mol. The van der Waals surface area contributed by atoms with Crippen molar-refractivity contribution in [1.82, 2.24) is 10.3 Å². The molecular weight excluding hydrogens is 449 g/mol. The highest BCUT2D eigenvalue weighted by Gasteiger charge is 2.30. The zero-order valence-electron chi connectivity index (χ0n) is 15.7. The number of halogens is 6. The van der Waals surface area contributed by atoms with Crippen LogP contribution < -0.4 is 15.4 Å². The van der Waals surface area contributed by atoms with Crippen LogP contribution in [-0.2, 0) is 11.0 Å². The number of hydrogen-bond acceptors (Lipinski definition) is 4. The van der Waals surface area contributed by atoms with Crippen LogP contribution in [0, 0.1) is 11.7 Å². The van der Waals surface area contributed by atoms with E-state index in [1.54, 1.807) is 0 Å². The quantitative estimate of drug-likeness (QED) is 0.570. The molecule has 2 aromatic rings. The Hall–Kier alpha value is -2.10. The van der Waals surface area contributed by atoms with Crippen molar-refractivity contribution in [2.24, 2.45) is 5.92 Å². The van der Waals surface area contributed by atoms with Gasteiger partial charge in [0.2, 0.25) is 11.8 Å². The van der Waals surface area contributed by atoms with Gasteiger partial charge >= 0.3 is 6.18 Å². The molecule has 0 aliphatic carbocycles. The van der Waals surface area contributed by atoms with Crippen molar-refractivity contribution in [2.45, 2.75) is 25.4 Å². The van der Waals surface area contributed by atoms with E-state index in [2.05, 4.69) is 15.6 Å². The summed E-state index contributed by atoms with van der Waals surface area (Å²) in [4.78, 5) is 15.5. The van der Waals surface area contributed by atoms with Crippen molar-refractivity contribution in [1.29, 1.82) is 0 Å². The lowest BCUT2D eigenvalue weighted by Gasteiger charge is -2.11. The zero-order valence-corrected chi connectivity index (χ0v) is 17.3. The van der Waals surface area contributed by atoms with E-state index in [9.17, 15) is 22.4 Å². The standard InChI is InChI=1S/C19H19F4N3O2.2ClH/c20-15-9-14(26-17(27)5-1-12-7-8-24-10-12)3-4-16(15)28-18-6-2-13(11-25-18)19(21,22)23;;/h2-4,6,9,11-12,24H,1,5,7-8,10H2,(H,26,27);2*1H. The second-order valence-corrected chi connectivity index (χ2v) is 6.58. The summed E-state index contributed by atoms with van der Waals surface area (Å²) in [6.07, 6.45) is -1.73. The number of ether oxygens (including phenoxy) is 1. The number of anilines is 1. The topological polar surface area (TPSA) is 63.2 Å². The summed E-state index contributed by atoms with van der Waals surface area (Å²) < 4.78 is 56.9. The minimum absolute atomic E-state index is 0. The third-order valence-corrected chi connectivity index (χ3v) is 4.44. The Kier molecular flexibility index (Phi) is 9.80. The van der Waals surface area contributed by atoms with Crippen molar-refractivity contribution in [2.75, 3.05) is 18.4 Å². The smallest absolute Gasteiger partial charge is 0.417 e. The van der Waals surface area contributed by atoms with Gasteiger partial charge in [0, 0.05) is 30.4 Å². The van der Waals surface area contributed by atoms with Crippen LogP contribution in [0.25, 0.3) is 0 Å². The number of amides is 1. The number of aromatic nitrogens is 1. The van der Waals surface area contributed by atoms with Gasteiger partial charge in [-0.1, -0.05) is 0 Å². The summed E-state index contributed by atoms with van der Waals surface area (Å²) in [5.41, 5.74) is -0.647. The number of benzene rings is 1. The molecule has 11 heteroatoms. The van der Waals surface area contributed by atoms with Crippen molar-refractivity contribution >= 4 is 36.4 Å². The molecule has 1 amide bonds. The van der Waals surface area contributed by atoms with Crippen LogP contribution >= 0.6 is 24.8 Å². The van der Waals surface area contributed by atoms with Gasteiger partial charge in [0.1, 0.15) is 0 Å². The molecule has 1 saturated heterocycles. The van der Waals surface area contributed by atoms with Crippen LogP contribution in [0.5, 0.6) is 11.6 Å². The summed E-state index contributed by atoms with van der Waals surface area (Å²) in [7, 11) is 0. The van der Waals surface area contributed by atoms with E-state index in [0.717, 1.165) is 44.1 Å². The second kappa shape index (κ2) is 11.3. The average Bonchev–Trinajstić information content (AvgIpc) is 3.16. The van der Waals surface area contributed by atoms with Gasteiger partial charge in [-0.05, 0) is 50.0 Å². The molecule has 2 N–H and O–H groups in total. The van der Waals surface area contributed by atoms with E-state index >= 15 is 0 Å². The average molecular weight is 470 g/mol. The van der Waals surface area contributed by atoms with E-state index in [1.807, 2.05) is 0 Å². The number of nitrogens with zero attached hydrogens (tertiary/aromatic N) is 1. The molecule has 3 rings (SSSR count). The van der Waals surface area contributed by atoms with E-state index in [-0.39, 0.29) is 48.0 Å². The van der Waals surface area contributed by atoms with E-state index < -0.39 is 17.6 Å². The highest BCUT2D eigenvalue weighted by molar-refractivity contribution is 5.90. The summed E-state index contributed by atoms with van der Waals surface area (Å²) in [6, 6.07) is 5.64. The molecule has 0 spiro atoms. The maximum Gasteiger partial charge on any atom is 0.417 e. The van der Waals surface area contributed by atoms with Crippen LogP contribution in [0.15, 0.2) is 36.5 Å². The van der Waals surface area contributed by atoms with E-state index in [0.29, 0.717) is 18.5 Å². The molecule has 2 heterocycles. The first kappa shape index (κ1) is 25.9. The number of nitrogens with one attached hydrogen (secondary N) is 2. The summed E-state index contributed by atoms with van der Waals surface area (Å²) >= 11 is 0. The normalized spacial score (nSPS) is 15.7. The molecule has 0 radical (unpaired) electrons. The van der Waals surface area contributed by atoms with Crippen LogP contribution in [0.1, 0.15) is 24.8 Å². The molecule has 5 nitrogen and oxygen atoms in total. The predicted molar refractivity (Wildman–Crippen MR) is 109 cm³/mol. The minimum Gasteiger partial charge on any atom is -0.436 e. The molecule has 1 aliphatic heterocycles. The number of alkyl halides is 3. The first-order chi connectivity index (χ1) is 13.3. The number of pyridine rings is 1. The summed E-state index contributed by atoms with van der Waals surface area (Å²) in [6.45, 7) is 1.87. The summed E-state index contributed by atoms with van der Waals surface area (Å²) in [5.74, 6) is -0.866. The molecule has 1 aliphatic rings. The van der Waals surface area contributed by atoms with Crippen LogP contribution in [0.2, 0.25) is 0 Å². The SMILES string of the molecule is Cl.Cl.O=C(CCC1CCNC1)Nc1ccc(Oc2ccc(C(F)(F)F)cn2)c(F)c1. The van der Waals surface area contributed by atoms with Gasteiger partial charge in [0.25, 0.3) is 0 Å². The lowest BCUT2D eigenvalue weighted by molar-refractivity contribution is -0.137. The molecule has 1 aromatic heterocycles.